The fraction of sp³-hybridized carbons (Fsp3) is 0.765. The molecule has 2 fully saturated rings. The van der Waals surface area contributed by atoms with Crippen molar-refractivity contribution in [2.45, 2.75) is 12.8 Å². The van der Waals surface area contributed by atoms with Gasteiger partial charge in [-0.25, -0.2) is 0 Å². The minimum Gasteiger partial charge on any atom is -0.481 e. The first kappa shape index (κ1) is 21.1. The van der Waals surface area contributed by atoms with Gasteiger partial charge in [0, 0.05) is 13.1 Å². The van der Waals surface area contributed by atoms with E-state index in [1.165, 1.54) is 0 Å². The average Bonchev–Trinajstić information content (AvgIpc) is 2.60. The van der Waals surface area contributed by atoms with Crippen LogP contribution in [0.3, 0.4) is 0 Å². The normalized spacial score (nSPS) is 28.0. The first-order valence-corrected chi connectivity index (χ1v) is 8.88. The third kappa shape index (κ3) is 4.95. The molecule has 0 amide bonds. The Morgan fingerprint density at radius 3 is 2.00 bits per heavy atom. The number of unbranched alkanes of at least 4 members (excludes halogenated alkanes) is 1. The summed E-state index contributed by atoms with van der Waals surface area (Å²) in [6.45, 7) is 4.05. The van der Waals surface area contributed by atoms with Crippen LogP contribution in [0, 0.1) is 23.7 Å². The highest BCUT2D eigenvalue weighted by atomic mass is 16.5. The van der Waals surface area contributed by atoms with Gasteiger partial charge in [-0.1, -0.05) is 0 Å². The number of nitrogens with zero attached hydrogens (tertiary/aromatic N) is 1. The Morgan fingerprint density at radius 1 is 0.926 bits per heavy atom. The first-order chi connectivity index (χ1) is 12.9. The summed E-state index contributed by atoms with van der Waals surface area (Å²) >= 11 is 0. The number of hydrogen-bond acceptors (Lipinski definition) is 8. The summed E-state index contributed by atoms with van der Waals surface area (Å²) in [7, 11) is 1.06. The van der Waals surface area contributed by atoms with Gasteiger partial charge < -0.3 is 24.4 Å². The lowest BCUT2D eigenvalue weighted by molar-refractivity contribution is -0.195. The van der Waals surface area contributed by atoms with Crippen molar-refractivity contribution in [3.8, 4) is 0 Å². The van der Waals surface area contributed by atoms with E-state index in [1.807, 2.05) is 0 Å². The molecular formula is C17H25NO9. The largest absolute Gasteiger partial charge is 0.481 e. The van der Waals surface area contributed by atoms with E-state index in [2.05, 4.69) is 9.64 Å². The van der Waals surface area contributed by atoms with Gasteiger partial charge in [0.25, 0.3) is 0 Å². The Labute approximate surface area is 156 Å². The highest BCUT2D eigenvalue weighted by molar-refractivity contribution is 5.96. The van der Waals surface area contributed by atoms with Crippen LogP contribution in [0.4, 0.5) is 0 Å². The SMILES string of the molecule is COC(=O)C1C(C(=O)O)C(C(=O)O)C1C(=O)OCCCCN1CCOCC1. The number of ether oxygens (including phenoxy) is 3. The van der Waals surface area contributed by atoms with Crippen LogP contribution in [0.25, 0.3) is 0 Å². The van der Waals surface area contributed by atoms with E-state index in [4.69, 9.17) is 9.47 Å². The standard InChI is InChI=1S/C17H25NO9/c1-25-16(23)12-10(14(19)20)11(15(21)22)13(12)17(24)27-7-3-2-4-18-5-8-26-9-6-18/h10-13H,2-9H2,1H3,(H,19,20)(H,21,22). The van der Waals surface area contributed by atoms with Crippen LogP contribution in [0.15, 0.2) is 0 Å². The van der Waals surface area contributed by atoms with Crippen molar-refractivity contribution in [1.29, 1.82) is 0 Å². The molecule has 0 aromatic rings. The number of methoxy groups -OCH3 is 1. The fourth-order valence-electron chi connectivity index (χ4n) is 3.62. The maximum Gasteiger partial charge on any atom is 0.310 e. The van der Waals surface area contributed by atoms with E-state index in [-0.39, 0.29) is 6.61 Å². The second-order valence-electron chi connectivity index (χ2n) is 6.63. The van der Waals surface area contributed by atoms with E-state index < -0.39 is 47.5 Å². The molecule has 10 nitrogen and oxygen atoms in total. The Balaban J connectivity index is 1.85. The first-order valence-electron chi connectivity index (χ1n) is 8.88. The predicted molar refractivity (Wildman–Crippen MR) is 88.7 cm³/mol. The molecule has 2 rings (SSSR count). The number of aliphatic carboxylic acids is 2. The molecule has 10 heteroatoms. The topological polar surface area (TPSA) is 140 Å². The molecule has 152 valence electrons. The molecule has 0 aromatic carbocycles. The van der Waals surface area contributed by atoms with Gasteiger partial charge in [-0.05, 0) is 19.4 Å². The van der Waals surface area contributed by atoms with Gasteiger partial charge in [0.1, 0.15) is 0 Å². The van der Waals surface area contributed by atoms with Crippen molar-refractivity contribution in [3.63, 3.8) is 0 Å². The van der Waals surface area contributed by atoms with Crippen molar-refractivity contribution in [2.24, 2.45) is 23.7 Å². The van der Waals surface area contributed by atoms with Crippen LogP contribution in [-0.4, -0.2) is 85.6 Å². The van der Waals surface area contributed by atoms with Crippen LogP contribution in [0.1, 0.15) is 12.8 Å². The average molecular weight is 387 g/mol. The van der Waals surface area contributed by atoms with Gasteiger partial charge in [0.2, 0.25) is 0 Å². The number of carbonyl (C=O) groups is 4. The number of carboxylic acids is 2. The lowest BCUT2D eigenvalue weighted by Gasteiger charge is -2.43. The minimum absolute atomic E-state index is 0.0810. The summed E-state index contributed by atoms with van der Waals surface area (Å²) in [4.78, 5) is 49.1. The predicted octanol–water partition coefficient (Wildman–Crippen LogP) is -0.537. The van der Waals surface area contributed by atoms with Crippen molar-refractivity contribution in [2.75, 3.05) is 46.6 Å². The van der Waals surface area contributed by atoms with Gasteiger partial charge in [-0.15, -0.1) is 0 Å². The number of rotatable bonds is 9. The number of carboxylic acid groups (broad SMARTS) is 2. The molecule has 1 aliphatic carbocycles. The molecule has 4 atom stereocenters. The Bertz CT molecular complexity index is 573. The van der Waals surface area contributed by atoms with E-state index >= 15 is 0 Å². The number of hydrogen-bond donors (Lipinski definition) is 2. The summed E-state index contributed by atoms with van der Waals surface area (Å²) in [6, 6.07) is 0. The summed E-state index contributed by atoms with van der Waals surface area (Å²) in [5.74, 6) is -10.4. The van der Waals surface area contributed by atoms with Gasteiger partial charge in [0.15, 0.2) is 0 Å². The zero-order valence-electron chi connectivity index (χ0n) is 15.2. The van der Waals surface area contributed by atoms with Gasteiger partial charge in [-0.3, -0.25) is 24.1 Å². The highest BCUT2D eigenvalue weighted by Gasteiger charge is 2.65. The molecule has 1 saturated heterocycles. The Morgan fingerprint density at radius 2 is 1.48 bits per heavy atom. The fourth-order valence-corrected chi connectivity index (χ4v) is 3.62. The smallest absolute Gasteiger partial charge is 0.310 e. The summed E-state index contributed by atoms with van der Waals surface area (Å²) < 4.78 is 14.9. The van der Waals surface area contributed by atoms with Crippen molar-refractivity contribution in [3.05, 3.63) is 0 Å². The van der Waals surface area contributed by atoms with Crippen LogP contribution >= 0.6 is 0 Å². The number of carbonyl (C=O) groups excluding carboxylic acids is 2. The van der Waals surface area contributed by atoms with E-state index in [0.717, 1.165) is 33.2 Å². The monoisotopic (exact) mass is 387 g/mol. The molecule has 0 bridgehead atoms. The molecule has 4 unspecified atom stereocenters. The summed E-state index contributed by atoms with van der Waals surface area (Å²) in [5.41, 5.74) is 0. The molecule has 1 aliphatic heterocycles. The molecule has 1 heterocycles. The minimum atomic E-state index is -1.51. The molecule has 2 N–H and O–H groups in total. The van der Waals surface area contributed by atoms with Gasteiger partial charge >= 0.3 is 23.9 Å². The highest BCUT2D eigenvalue weighted by Crippen LogP contribution is 2.48. The van der Waals surface area contributed by atoms with Crippen LogP contribution in [0.5, 0.6) is 0 Å². The molecule has 0 spiro atoms. The van der Waals surface area contributed by atoms with Crippen LogP contribution in [-0.2, 0) is 33.4 Å². The van der Waals surface area contributed by atoms with E-state index in [0.29, 0.717) is 19.6 Å². The van der Waals surface area contributed by atoms with Crippen molar-refractivity contribution < 1.29 is 43.6 Å². The molecule has 27 heavy (non-hydrogen) atoms. The lowest BCUT2D eigenvalue weighted by Crippen LogP contribution is -2.60. The molecule has 2 aliphatic rings. The zero-order valence-corrected chi connectivity index (χ0v) is 15.2. The summed E-state index contributed by atoms with van der Waals surface area (Å²) in [5, 5.41) is 18.5. The van der Waals surface area contributed by atoms with E-state index in [9.17, 15) is 29.4 Å². The Kier molecular flexibility index (Phi) is 7.55. The number of morpholine rings is 1. The third-order valence-electron chi connectivity index (χ3n) is 5.08. The second kappa shape index (κ2) is 9.65. The maximum absolute atomic E-state index is 12.3. The molecule has 1 saturated carbocycles. The molecule has 0 aromatic heterocycles. The second-order valence-corrected chi connectivity index (χ2v) is 6.63. The van der Waals surface area contributed by atoms with Crippen LogP contribution < -0.4 is 0 Å². The summed E-state index contributed by atoms with van der Waals surface area (Å²) in [6.07, 6.45) is 1.37. The van der Waals surface area contributed by atoms with E-state index in [1.54, 1.807) is 0 Å². The maximum atomic E-state index is 12.3. The van der Waals surface area contributed by atoms with Gasteiger partial charge in [-0.2, -0.15) is 0 Å². The van der Waals surface area contributed by atoms with Crippen molar-refractivity contribution in [1.82, 2.24) is 4.90 Å². The van der Waals surface area contributed by atoms with Crippen molar-refractivity contribution >= 4 is 23.9 Å². The third-order valence-corrected chi connectivity index (χ3v) is 5.08. The van der Waals surface area contributed by atoms with Crippen LogP contribution in [0.2, 0.25) is 0 Å². The zero-order chi connectivity index (χ0) is 20.0. The quantitative estimate of drug-likeness (QED) is 0.392. The number of esters is 2. The Hall–Kier alpha value is -2.20. The lowest BCUT2D eigenvalue weighted by atomic mass is 9.56. The van der Waals surface area contributed by atoms with Gasteiger partial charge in [0.05, 0.1) is 50.6 Å². The molecular weight excluding hydrogens is 362 g/mol. The molecule has 0 radical (unpaired) electrons.